The summed E-state index contributed by atoms with van der Waals surface area (Å²) in [7, 11) is 0. The molecule has 102 valence electrons. The van der Waals surface area contributed by atoms with Gasteiger partial charge in [-0.1, -0.05) is 20.8 Å². The molecule has 0 aromatic carbocycles. The van der Waals surface area contributed by atoms with Crippen molar-refractivity contribution in [3.63, 3.8) is 0 Å². The van der Waals surface area contributed by atoms with Crippen molar-refractivity contribution in [1.29, 1.82) is 0 Å². The van der Waals surface area contributed by atoms with Gasteiger partial charge in [0.25, 0.3) is 0 Å². The van der Waals surface area contributed by atoms with Crippen LogP contribution in [0.15, 0.2) is 18.5 Å². The van der Waals surface area contributed by atoms with Crippen LogP contribution in [0.3, 0.4) is 0 Å². The van der Waals surface area contributed by atoms with Crippen LogP contribution in [0, 0.1) is 6.92 Å². The molecule has 0 aliphatic heterocycles. The van der Waals surface area contributed by atoms with Crippen LogP contribution in [0.25, 0.3) is 5.82 Å². The van der Waals surface area contributed by atoms with Crippen molar-refractivity contribution in [3.8, 4) is 5.82 Å². The summed E-state index contributed by atoms with van der Waals surface area (Å²) in [6, 6.07) is 1.92. The molecule has 2 rings (SSSR count). The number of rotatable bonds is 3. The molecule has 0 bridgehead atoms. The summed E-state index contributed by atoms with van der Waals surface area (Å²) in [5.74, 6) is 2.45. The lowest BCUT2D eigenvalue weighted by Gasteiger charge is -2.18. The molecule has 5 heteroatoms. The van der Waals surface area contributed by atoms with Crippen LogP contribution < -0.4 is 5.32 Å². The predicted octanol–water partition coefficient (Wildman–Crippen LogP) is 2.70. The number of nitrogens with one attached hydrogen (secondary N) is 1. The molecule has 0 spiro atoms. The normalized spacial score (nSPS) is 11.6. The SMILES string of the molecule is CCNc1cc(-n2cc(C)cn2)nc(C(C)(C)C)n1. The van der Waals surface area contributed by atoms with E-state index in [1.54, 1.807) is 4.68 Å². The molecule has 2 aromatic heterocycles. The van der Waals surface area contributed by atoms with Crippen LogP contribution in [0.1, 0.15) is 39.1 Å². The molecule has 5 nitrogen and oxygen atoms in total. The van der Waals surface area contributed by atoms with Gasteiger partial charge in [-0.05, 0) is 19.4 Å². The third-order valence-corrected chi connectivity index (χ3v) is 2.69. The van der Waals surface area contributed by atoms with Gasteiger partial charge in [0.15, 0.2) is 5.82 Å². The summed E-state index contributed by atoms with van der Waals surface area (Å²) in [4.78, 5) is 9.18. The highest BCUT2D eigenvalue weighted by molar-refractivity contribution is 5.42. The van der Waals surface area contributed by atoms with Gasteiger partial charge in [-0.15, -0.1) is 0 Å². The van der Waals surface area contributed by atoms with Crippen LogP contribution in [0.2, 0.25) is 0 Å². The Balaban J connectivity index is 2.51. The van der Waals surface area contributed by atoms with Crippen molar-refractivity contribution < 1.29 is 0 Å². The van der Waals surface area contributed by atoms with Crippen molar-refractivity contribution in [3.05, 3.63) is 29.8 Å². The number of hydrogen-bond acceptors (Lipinski definition) is 4. The fraction of sp³-hybridized carbons (Fsp3) is 0.500. The maximum absolute atomic E-state index is 4.62. The summed E-state index contributed by atoms with van der Waals surface area (Å²) < 4.78 is 1.78. The Labute approximate surface area is 114 Å². The lowest BCUT2D eigenvalue weighted by Crippen LogP contribution is -2.19. The van der Waals surface area contributed by atoms with Gasteiger partial charge >= 0.3 is 0 Å². The molecule has 0 fully saturated rings. The van der Waals surface area contributed by atoms with Crippen LogP contribution in [-0.4, -0.2) is 26.3 Å². The van der Waals surface area contributed by atoms with Gasteiger partial charge in [-0.25, -0.2) is 14.6 Å². The van der Waals surface area contributed by atoms with Gasteiger partial charge in [0.2, 0.25) is 0 Å². The smallest absolute Gasteiger partial charge is 0.159 e. The molecule has 0 aliphatic carbocycles. The number of hydrogen-bond donors (Lipinski definition) is 1. The van der Waals surface area contributed by atoms with Crippen molar-refractivity contribution in [2.75, 3.05) is 11.9 Å². The molecule has 0 amide bonds. The first kappa shape index (κ1) is 13.5. The Kier molecular flexibility index (Phi) is 3.55. The van der Waals surface area contributed by atoms with E-state index in [-0.39, 0.29) is 5.41 Å². The van der Waals surface area contributed by atoms with E-state index in [1.165, 1.54) is 0 Å². The highest BCUT2D eigenvalue weighted by Gasteiger charge is 2.19. The lowest BCUT2D eigenvalue weighted by atomic mass is 9.96. The van der Waals surface area contributed by atoms with Gasteiger partial charge in [0, 0.05) is 24.2 Å². The van der Waals surface area contributed by atoms with E-state index in [0.717, 1.165) is 29.6 Å². The molecular formula is C14H21N5. The maximum atomic E-state index is 4.62. The Hall–Kier alpha value is -1.91. The van der Waals surface area contributed by atoms with Gasteiger partial charge in [-0.3, -0.25) is 0 Å². The van der Waals surface area contributed by atoms with Crippen molar-refractivity contribution in [2.24, 2.45) is 0 Å². The number of anilines is 1. The summed E-state index contributed by atoms with van der Waals surface area (Å²) in [5, 5.41) is 7.55. The average molecular weight is 259 g/mol. The highest BCUT2D eigenvalue weighted by Crippen LogP contribution is 2.21. The van der Waals surface area contributed by atoms with Gasteiger partial charge in [0.05, 0.1) is 6.20 Å². The van der Waals surface area contributed by atoms with E-state index >= 15 is 0 Å². The van der Waals surface area contributed by atoms with Crippen molar-refractivity contribution >= 4 is 5.82 Å². The largest absolute Gasteiger partial charge is 0.370 e. The standard InChI is InChI=1S/C14H21N5/c1-6-15-11-7-12(19-9-10(2)8-16-19)18-13(17-11)14(3,4)5/h7-9H,6H2,1-5H3,(H,15,17,18). The van der Waals surface area contributed by atoms with Gasteiger partial charge < -0.3 is 5.32 Å². The molecule has 0 aliphatic rings. The third-order valence-electron chi connectivity index (χ3n) is 2.69. The summed E-state index contributed by atoms with van der Waals surface area (Å²) in [6.07, 6.45) is 3.79. The minimum Gasteiger partial charge on any atom is -0.370 e. The molecule has 2 aromatic rings. The van der Waals surface area contributed by atoms with Gasteiger partial charge in [-0.2, -0.15) is 5.10 Å². The predicted molar refractivity (Wildman–Crippen MR) is 76.8 cm³/mol. The molecule has 19 heavy (non-hydrogen) atoms. The fourth-order valence-electron chi connectivity index (χ4n) is 1.70. The first-order valence-electron chi connectivity index (χ1n) is 6.55. The molecule has 0 saturated heterocycles. The zero-order valence-corrected chi connectivity index (χ0v) is 12.2. The molecule has 1 N–H and O–H groups in total. The second-order valence-electron chi connectivity index (χ2n) is 5.68. The van der Waals surface area contributed by atoms with Crippen molar-refractivity contribution in [1.82, 2.24) is 19.7 Å². The number of nitrogens with zero attached hydrogens (tertiary/aromatic N) is 4. The third kappa shape index (κ3) is 3.10. The average Bonchev–Trinajstić information content (AvgIpc) is 2.75. The minimum absolute atomic E-state index is 0.0949. The van der Waals surface area contributed by atoms with Crippen molar-refractivity contribution in [2.45, 2.75) is 40.0 Å². The Morgan fingerprint density at radius 1 is 1.26 bits per heavy atom. The molecule has 0 saturated carbocycles. The first-order valence-corrected chi connectivity index (χ1v) is 6.55. The first-order chi connectivity index (χ1) is 8.90. The van der Waals surface area contributed by atoms with Crippen LogP contribution >= 0.6 is 0 Å². The zero-order chi connectivity index (χ0) is 14.0. The maximum Gasteiger partial charge on any atom is 0.159 e. The van der Waals surface area contributed by atoms with E-state index in [2.05, 4.69) is 48.1 Å². The van der Waals surface area contributed by atoms with Crippen LogP contribution in [-0.2, 0) is 5.41 Å². The highest BCUT2D eigenvalue weighted by atomic mass is 15.3. The molecule has 0 unspecified atom stereocenters. The van der Waals surface area contributed by atoms with E-state index in [9.17, 15) is 0 Å². The number of aromatic nitrogens is 4. The summed E-state index contributed by atoms with van der Waals surface area (Å²) >= 11 is 0. The molecular weight excluding hydrogens is 238 g/mol. The van der Waals surface area contributed by atoms with Gasteiger partial charge in [0.1, 0.15) is 11.6 Å². The fourth-order valence-corrected chi connectivity index (χ4v) is 1.70. The van der Waals surface area contributed by atoms with Crippen LogP contribution in [0.5, 0.6) is 0 Å². The number of aryl methyl sites for hydroxylation is 1. The lowest BCUT2D eigenvalue weighted by molar-refractivity contribution is 0.542. The quantitative estimate of drug-likeness (QED) is 0.920. The van der Waals surface area contributed by atoms with E-state index in [4.69, 9.17) is 0 Å². The Bertz CT molecular complexity index is 565. The molecule has 2 heterocycles. The summed E-state index contributed by atoms with van der Waals surface area (Å²) in [6.45, 7) is 11.2. The second kappa shape index (κ2) is 4.99. The summed E-state index contributed by atoms with van der Waals surface area (Å²) in [5.41, 5.74) is 1.02. The minimum atomic E-state index is -0.0949. The van der Waals surface area contributed by atoms with E-state index < -0.39 is 0 Å². The molecule has 0 atom stereocenters. The van der Waals surface area contributed by atoms with Crippen LogP contribution in [0.4, 0.5) is 5.82 Å². The monoisotopic (exact) mass is 259 g/mol. The zero-order valence-electron chi connectivity index (χ0n) is 12.2. The van der Waals surface area contributed by atoms with E-state index in [0.29, 0.717) is 0 Å². The second-order valence-corrected chi connectivity index (χ2v) is 5.68. The Morgan fingerprint density at radius 3 is 2.53 bits per heavy atom. The van der Waals surface area contributed by atoms with E-state index in [1.807, 2.05) is 25.4 Å². The topological polar surface area (TPSA) is 55.6 Å². The molecule has 0 radical (unpaired) electrons. The Morgan fingerprint density at radius 2 is 2.00 bits per heavy atom.